The van der Waals surface area contributed by atoms with Crippen LogP contribution in [0, 0.1) is 42.6 Å². The van der Waals surface area contributed by atoms with E-state index >= 15 is 0 Å². The van der Waals surface area contributed by atoms with Crippen LogP contribution in [0.1, 0.15) is 77.3 Å². The molecule has 9 rings (SSSR count). The van der Waals surface area contributed by atoms with Crippen molar-refractivity contribution in [3.05, 3.63) is 168 Å². The Hall–Kier alpha value is -5.66. The summed E-state index contributed by atoms with van der Waals surface area (Å²) in [5.74, 6) is -0.491. The van der Waals surface area contributed by atoms with Gasteiger partial charge in [0.2, 0.25) is 0 Å². The van der Waals surface area contributed by atoms with Gasteiger partial charge in [0.15, 0.2) is 0 Å². The standard InChI is InChI=1S/C32H27N2O.C19H16N.Ir/c1-32(2)15-12-24(13-16-32)22-7-9-23(10-8-22)25-14-17-34-29(19-25)28-5-3-4-27-26-11-6-21(20-33)18-30(26)35-31(27)28;1-14-8-11-19(20-13-14)17-10-9-15(2)18(12-17)16-6-4-3-5-7-16;/h3-4,6-11,14,17-19,24H,12-13,15-16H2,1-2H3;3-9,11-13H,1-2H3;/q2*-1;/i24D;1D3,2D3;. The first-order valence-electron chi connectivity index (χ1n) is 21.9. The summed E-state index contributed by atoms with van der Waals surface area (Å²) in [7, 11) is 0. The van der Waals surface area contributed by atoms with E-state index in [1.807, 2.05) is 66.9 Å². The Bertz CT molecular complexity index is 2930. The summed E-state index contributed by atoms with van der Waals surface area (Å²) in [6.45, 7) is 0.140. The number of furan rings is 1. The van der Waals surface area contributed by atoms with Crippen LogP contribution >= 0.6 is 0 Å². The van der Waals surface area contributed by atoms with E-state index in [2.05, 4.69) is 72.3 Å². The van der Waals surface area contributed by atoms with Gasteiger partial charge in [0.05, 0.1) is 17.2 Å². The predicted octanol–water partition coefficient (Wildman–Crippen LogP) is 13.5. The second-order valence-electron chi connectivity index (χ2n) is 14.8. The van der Waals surface area contributed by atoms with Crippen molar-refractivity contribution in [3.8, 4) is 50.8 Å². The molecule has 4 nitrogen and oxygen atoms in total. The number of nitriles is 1. The van der Waals surface area contributed by atoms with Crippen molar-refractivity contribution >= 4 is 21.9 Å². The average Bonchev–Trinajstić information content (AvgIpc) is 3.65. The minimum atomic E-state index is -2.27. The Labute approximate surface area is 353 Å². The maximum atomic E-state index is 9.25. The van der Waals surface area contributed by atoms with Crippen molar-refractivity contribution < 1.29 is 34.1 Å². The average molecular weight is 913 g/mol. The fourth-order valence-electron chi connectivity index (χ4n) is 7.21. The molecule has 1 fully saturated rings. The van der Waals surface area contributed by atoms with E-state index in [1.165, 1.54) is 18.3 Å². The van der Waals surface area contributed by atoms with Crippen molar-refractivity contribution in [3.63, 3.8) is 0 Å². The maximum absolute atomic E-state index is 9.25. The smallest absolute Gasteiger partial charge is 0.122 e. The maximum Gasteiger partial charge on any atom is 0.122 e. The van der Waals surface area contributed by atoms with Crippen LogP contribution in [0.4, 0.5) is 0 Å². The van der Waals surface area contributed by atoms with E-state index in [1.54, 1.807) is 18.2 Å². The van der Waals surface area contributed by atoms with Crippen LogP contribution < -0.4 is 0 Å². The second kappa shape index (κ2) is 16.6. The van der Waals surface area contributed by atoms with Crippen LogP contribution in [0.5, 0.6) is 0 Å². The Morgan fingerprint density at radius 3 is 2.36 bits per heavy atom. The molecule has 0 spiro atoms. The number of nitrogens with zero attached hydrogens (tertiary/aromatic N) is 3. The minimum Gasteiger partial charge on any atom is -0.501 e. The molecule has 56 heavy (non-hydrogen) atoms. The van der Waals surface area contributed by atoms with E-state index in [9.17, 15) is 5.26 Å². The van der Waals surface area contributed by atoms with Gasteiger partial charge < -0.3 is 14.4 Å². The van der Waals surface area contributed by atoms with Crippen LogP contribution in [0.15, 0.2) is 138 Å². The summed E-state index contributed by atoms with van der Waals surface area (Å²) in [6.07, 6.45) is 7.13. The quantitative estimate of drug-likeness (QED) is 0.161. The minimum absolute atomic E-state index is 0. The Kier molecular flexibility index (Phi) is 9.05. The zero-order chi connectivity index (χ0) is 43.9. The van der Waals surface area contributed by atoms with Gasteiger partial charge in [-0.15, -0.1) is 47.5 Å². The van der Waals surface area contributed by atoms with Gasteiger partial charge in [0, 0.05) is 47.5 Å². The molecule has 0 aliphatic heterocycles. The molecule has 8 aromatic rings. The number of hydrogen-bond donors (Lipinski definition) is 0. The molecule has 0 N–H and O–H groups in total. The summed E-state index contributed by atoms with van der Waals surface area (Å²) >= 11 is 0. The fourth-order valence-corrected chi connectivity index (χ4v) is 7.21. The Morgan fingerprint density at radius 1 is 0.804 bits per heavy atom. The first kappa shape index (κ1) is 30.5. The molecule has 0 saturated heterocycles. The third kappa shape index (κ3) is 8.29. The predicted molar refractivity (Wildman–Crippen MR) is 224 cm³/mol. The Balaban J connectivity index is 0.000000196. The SMILES string of the molecule is [2H]C([2H])([2H])c1ccc(-c2[c-]cc(C([2H])([2H])[2H])c(-c3ccccc3)c2)nc1.[2H]C1(c2ccc(-c3ccnc(-c4[c-]ccc5c4oc4cc(C#N)ccc45)c3)cc2)CCC(C)(C)CC1.[Ir]. The van der Waals surface area contributed by atoms with Crippen LogP contribution in [-0.4, -0.2) is 9.97 Å². The van der Waals surface area contributed by atoms with Gasteiger partial charge >= 0.3 is 0 Å². The zero-order valence-electron chi connectivity index (χ0n) is 38.1. The molecule has 3 heterocycles. The third-order valence-corrected chi connectivity index (χ3v) is 10.5. The molecule has 0 bridgehead atoms. The molecule has 0 amide bonds. The summed E-state index contributed by atoms with van der Waals surface area (Å²) in [5.41, 5.74) is 10.0. The Morgan fingerprint density at radius 2 is 1.62 bits per heavy atom. The fraction of sp³-hybridized carbons (Fsp3) is 0.196. The zero-order valence-corrected chi connectivity index (χ0v) is 33.5. The van der Waals surface area contributed by atoms with Crippen molar-refractivity contribution in [2.45, 2.75) is 59.1 Å². The molecular weight excluding hydrogens is 863 g/mol. The molecule has 0 unspecified atom stereocenters. The number of benzene rings is 5. The summed E-state index contributed by atoms with van der Waals surface area (Å²) < 4.78 is 60.8. The topological polar surface area (TPSA) is 62.7 Å². The molecule has 1 aliphatic rings. The molecule has 1 aliphatic carbocycles. The van der Waals surface area contributed by atoms with E-state index < -0.39 is 19.6 Å². The van der Waals surface area contributed by atoms with Crippen LogP contribution in [0.2, 0.25) is 0 Å². The number of aromatic nitrogens is 2. The van der Waals surface area contributed by atoms with Gasteiger partial charge in [0.25, 0.3) is 0 Å². The third-order valence-electron chi connectivity index (χ3n) is 10.5. The number of aryl methyl sites for hydroxylation is 2. The molecule has 1 saturated carbocycles. The first-order valence-corrected chi connectivity index (χ1v) is 18.4. The summed E-state index contributed by atoms with van der Waals surface area (Å²) in [4.78, 5) is 8.84. The van der Waals surface area contributed by atoms with E-state index in [0.29, 0.717) is 33.4 Å². The molecule has 5 heteroatoms. The van der Waals surface area contributed by atoms with Crippen molar-refractivity contribution in [1.82, 2.24) is 9.97 Å². The van der Waals surface area contributed by atoms with Crippen LogP contribution in [-0.2, 0) is 20.1 Å². The van der Waals surface area contributed by atoms with Gasteiger partial charge in [-0.25, -0.2) is 0 Å². The van der Waals surface area contributed by atoms with E-state index in [-0.39, 0.29) is 31.2 Å². The normalized spacial score (nSPS) is 16.6. The van der Waals surface area contributed by atoms with Gasteiger partial charge in [0.1, 0.15) is 5.58 Å². The largest absolute Gasteiger partial charge is 0.501 e. The van der Waals surface area contributed by atoms with Crippen molar-refractivity contribution in [2.75, 3.05) is 0 Å². The first-order chi connectivity index (χ1) is 29.5. The number of pyridine rings is 2. The van der Waals surface area contributed by atoms with E-state index in [0.717, 1.165) is 75.5 Å². The molecule has 5 aromatic carbocycles. The van der Waals surface area contributed by atoms with Gasteiger partial charge in [-0.3, -0.25) is 0 Å². The van der Waals surface area contributed by atoms with E-state index in [4.69, 9.17) is 14.0 Å². The summed E-state index contributed by atoms with van der Waals surface area (Å²) in [6, 6.07) is 46.0. The second-order valence-corrected chi connectivity index (χ2v) is 14.8. The number of rotatable bonds is 5. The van der Waals surface area contributed by atoms with Crippen molar-refractivity contribution in [2.24, 2.45) is 5.41 Å². The number of hydrogen-bond acceptors (Lipinski definition) is 4. The van der Waals surface area contributed by atoms with Crippen LogP contribution in [0.25, 0.3) is 66.7 Å². The van der Waals surface area contributed by atoms with Crippen molar-refractivity contribution in [1.29, 1.82) is 5.26 Å². The summed E-state index contributed by atoms with van der Waals surface area (Å²) in [5, 5.41) is 11.2. The van der Waals surface area contributed by atoms with Gasteiger partial charge in [-0.05, 0) is 101 Å². The molecule has 279 valence electrons. The monoisotopic (exact) mass is 913 g/mol. The van der Waals surface area contributed by atoms with Crippen LogP contribution in [0.3, 0.4) is 0 Å². The molecule has 0 atom stereocenters. The number of fused-ring (bicyclic) bond motifs is 3. The van der Waals surface area contributed by atoms with Gasteiger partial charge in [-0.2, -0.15) is 5.26 Å². The molecular formula is C51H43IrN3O-2. The molecule has 3 aromatic heterocycles. The molecule has 1 radical (unpaired) electrons. The van der Waals surface area contributed by atoms with Gasteiger partial charge in [-0.1, -0.05) is 116 Å².